The van der Waals surface area contributed by atoms with Crippen LogP contribution in [0.25, 0.3) is 0 Å². The summed E-state index contributed by atoms with van der Waals surface area (Å²) in [5.74, 6) is -0.291. The van der Waals surface area contributed by atoms with Crippen LogP contribution in [-0.4, -0.2) is 33.1 Å². The number of ether oxygens (including phenoxy) is 1. The number of hydrogen-bond acceptors (Lipinski definition) is 4. The van der Waals surface area contributed by atoms with Gasteiger partial charge in [-0.2, -0.15) is 5.26 Å². The van der Waals surface area contributed by atoms with Crippen LogP contribution < -0.4 is 0 Å². The molecular weight excluding hydrogens is 262 g/mol. The maximum atomic E-state index is 11.9. The van der Waals surface area contributed by atoms with Gasteiger partial charge in [0.1, 0.15) is 5.41 Å². The molecule has 0 radical (unpaired) electrons. The first-order valence-corrected chi connectivity index (χ1v) is 8.15. The van der Waals surface area contributed by atoms with Crippen molar-refractivity contribution in [1.29, 1.82) is 5.26 Å². The summed E-state index contributed by atoms with van der Waals surface area (Å²) in [7, 11) is -3.28. The zero-order chi connectivity index (χ0) is 14.1. The Morgan fingerprint density at radius 2 is 2.00 bits per heavy atom. The molecule has 5 heteroatoms. The molecule has 0 amide bonds. The molecule has 19 heavy (non-hydrogen) atoms. The number of benzene rings is 1. The van der Waals surface area contributed by atoms with Crippen molar-refractivity contribution in [2.75, 3.05) is 19.5 Å². The number of hydrogen-bond donors (Lipinski definition) is 0. The first-order valence-electron chi connectivity index (χ1n) is 6.20. The van der Waals surface area contributed by atoms with Gasteiger partial charge in [0.05, 0.1) is 17.9 Å². The summed E-state index contributed by atoms with van der Waals surface area (Å²) < 4.78 is 29.2. The number of nitrogens with zero attached hydrogens (tertiary/aromatic N) is 1. The normalized spacial score (nSPS) is 29.7. The van der Waals surface area contributed by atoms with Crippen LogP contribution in [0.2, 0.25) is 0 Å². The van der Waals surface area contributed by atoms with E-state index >= 15 is 0 Å². The van der Waals surface area contributed by atoms with Gasteiger partial charge in [-0.05, 0) is 12.5 Å². The van der Waals surface area contributed by atoms with Crippen molar-refractivity contribution < 1.29 is 13.2 Å². The van der Waals surface area contributed by atoms with Gasteiger partial charge in [-0.15, -0.1) is 0 Å². The molecule has 1 aliphatic carbocycles. The average Bonchev–Trinajstić information content (AvgIpc) is 3.07. The fraction of sp³-hybridized carbons (Fsp3) is 0.500. The zero-order valence-corrected chi connectivity index (χ0v) is 11.9. The Hall–Kier alpha value is -1.38. The van der Waals surface area contributed by atoms with E-state index in [1.54, 1.807) is 0 Å². The molecule has 0 unspecified atom stereocenters. The summed E-state index contributed by atoms with van der Waals surface area (Å²) in [6.45, 7) is 2.47. The van der Waals surface area contributed by atoms with E-state index in [4.69, 9.17) is 4.74 Å². The molecule has 1 aliphatic rings. The zero-order valence-electron chi connectivity index (χ0n) is 11.0. The number of nitriles is 1. The molecule has 2 rings (SSSR count). The quantitative estimate of drug-likeness (QED) is 0.823. The Bertz CT molecular complexity index is 591. The molecule has 1 saturated carbocycles. The Kier molecular flexibility index (Phi) is 3.66. The van der Waals surface area contributed by atoms with E-state index in [1.165, 1.54) is 6.26 Å². The highest BCUT2D eigenvalue weighted by molar-refractivity contribution is 7.91. The van der Waals surface area contributed by atoms with Crippen molar-refractivity contribution in [2.45, 2.75) is 18.1 Å². The van der Waals surface area contributed by atoms with Crippen molar-refractivity contribution in [3.63, 3.8) is 0 Å². The standard InChI is InChI=1S/C14H17NO3S/c1-3-18-10-14(9-15)12(13(14)19(2,16)17)11-7-5-4-6-8-11/h4-8,12-13H,3,10H2,1-2H3/t12-,13+,14+/m0/s1. The van der Waals surface area contributed by atoms with Crippen LogP contribution in [0.3, 0.4) is 0 Å². The lowest BCUT2D eigenvalue weighted by Gasteiger charge is -2.08. The first-order chi connectivity index (χ1) is 8.97. The van der Waals surface area contributed by atoms with Gasteiger partial charge >= 0.3 is 0 Å². The van der Waals surface area contributed by atoms with Crippen LogP contribution >= 0.6 is 0 Å². The minimum absolute atomic E-state index is 0.164. The number of sulfone groups is 1. The highest BCUT2D eigenvalue weighted by atomic mass is 32.2. The average molecular weight is 279 g/mol. The number of rotatable bonds is 5. The molecule has 102 valence electrons. The van der Waals surface area contributed by atoms with E-state index in [1.807, 2.05) is 37.3 Å². The lowest BCUT2D eigenvalue weighted by Crippen LogP contribution is -2.18. The van der Waals surface area contributed by atoms with Crippen molar-refractivity contribution in [2.24, 2.45) is 5.41 Å². The molecule has 3 atom stereocenters. The van der Waals surface area contributed by atoms with Crippen molar-refractivity contribution in [3.8, 4) is 6.07 Å². The second kappa shape index (κ2) is 4.95. The van der Waals surface area contributed by atoms with Gasteiger partial charge in [0.15, 0.2) is 9.84 Å². The van der Waals surface area contributed by atoms with Gasteiger partial charge in [0.25, 0.3) is 0 Å². The van der Waals surface area contributed by atoms with Gasteiger partial charge in [-0.25, -0.2) is 8.42 Å². The summed E-state index contributed by atoms with van der Waals surface area (Å²) in [4.78, 5) is 0. The minimum atomic E-state index is -3.28. The van der Waals surface area contributed by atoms with Gasteiger partial charge in [-0.1, -0.05) is 30.3 Å². The van der Waals surface area contributed by atoms with Crippen molar-refractivity contribution in [1.82, 2.24) is 0 Å². The third-order valence-corrected chi connectivity index (χ3v) is 5.24. The maximum absolute atomic E-state index is 11.9. The fourth-order valence-electron chi connectivity index (χ4n) is 2.77. The third kappa shape index (κ3) is 2.38. The topological polar surface area (TPSA) is 67.2 Å². The molecule has 0 N–H and O–H groups in total. The second-order valence-electron chi connectivity index (χ2n) is 4.93. The van der Waals surface area contributed by atoms with Gasteiger partial charge in [0, 0.05) is 18.8 Å². The SMILES string of the molecule is CCOC[C@@]1(C#N)[C@H](S(C)(=O)=O)[C@@H]1c1ccccc1. The Balaban J connectivity index is 2.39. The van der Waals surface area contributed by atoms with E-state index < -0.39 is 20.5 Å². The Morgan fingerprint density at radius 3 is 2.47 bits per heavy atom. The van der Waals surface area contributed by atoms with Crippen LogP contribution in [0.4, 0.5) is 0 Å². The molecular formula is C14H17NO3S. The first kappa shape index (κ1) is 14.0. The molecule has 0 aromatic heterocycles. The Morgan fingerprint density at radius 1 is 1.37 bits per heavy atom. The molecule has 0 saturated heterocycles. The molecule has 0 heterocycles. The van der Waals surface area contributed by atoms with E-state index in [2.05, 4.69) is 6.07 Å². The van der Waals surface area contributed by atoms with Crippen molar-refractivity contribution in [3.05, 3.63) is 35.9 Å². The van der Waals surface area contributed by atoms with Crippen molar-refractivity contribution >= 4 is 9.84 Å². The van der Waals surface area contributed by atoms with Gasteiger partial charge in [-0.3, -0.25) is 0 Å². The summed E-state index contributed by atoms with van der Waals surface area (Å²) >= 11 is 0. The van der Waals surface area contributed by atoms with E-state index in [0.717, 1.165) is 5.56 Å². The lowest BCUT2D eigenvalue weighted by atomic mass is 10.0. The summed E-state index contributed by atoms with van der Waals surface area (Å²) in [6, 6.07) is 11.5. The lowest BCUT2D eigenvalue weighted by molar-refractivity contribution is 0.117. The van der Waals surface area contributed by atoms with Crippen LogP contribution in [0, 0.1) is 16.7 Å². The second-order valence-corrected chi connectivity index (χ2v) is 7.09. The summed E-state index contributed by atoms with van der Waals surface area (Å²) in [5.41, 5.74) is -0.0514. The van der Waals surface area contributed by atoms with Gasteiger partial charge < -0.3 is 4.74 Å². The van der Waals surface area contributed by atoms with Crippen LogP contribution in [0.1, 0.15) is 18.4 Å². The molecule has 0 aliphatic heterocycles. The molecule has 4 nitrogen and oxygen atoms in total. The summed E-state index contributed by atoms with van der Waals surface area (Å²) in [5, 5.41) is 8.79. The monoisotopic (exact) mass is 279 g/mol. The molecule has 1 fully saturated rings. The van der Waals surface area contributed by atoms with Crippen LogP contribution in [0.5, 0.6) is 0 Å². The smallest absolute Gasteiger partial charge is 0.152 e. The maximum Gasteiger partial charge on any atom is 0.152 e. The van der Waals surface area contributed by atoms with Crippen LogP contribution in [0.15, 0.2) is 30.3 Å². The minimum Gasteiger partial charge on any atom is -0.380 e. The van der Waals surface area contributed by atoms with E-state index in [-0.39, 0.29) is 12.5 Å². The van der Waals surface area contributed by atoms with Crippen LogP contribution in [-0.2, 0) is 14.6 Å². The third-order valence-electron chi connectivity index (χ3n) is 3.63. The summed E-state index contributed by atoms with van der Waals surface area (Å²) in [6.07, 6.45) is 1.19. The van der Waals surface area contributed by atoms with E-state index in [9.17, 15) is 13.7 Å². The van der Waals surface area contributed by atoms with E-state index in [0.29, 0.717) is 6.61 Å². The Labute approximate surface area is 113 Å². The highest BCUT2D eigenvalue weighted by Crippen LogP contribution is 2.62. The van der Waals surface area contributed by atoms with Gasteiger partial charge in [0.2, 0.25) is 0 Å². The predicted octanol–water partition coefficient (Wildman–Crippen LogP) is 1.74. The highest BCUT2D eigenvalue weighted by Gasteiger charge is 2.71. The molecule has 0 bridgehead atoms. The molecule has 1 aromatic carbocycles. The molecule has 1 aromatic rings. The largest absolute Gasteiger partial charge is 0.380 e. The fourth-order valence-corrected chi connectivity index (χ4v) is 4.62. The predicted molar refractivity (Wildman–Crippen MR) is 72.4 cm³/mol. The molecule has 0 spiro atoms.